The van der Waals surface area contributed by atoms with Gasteiger partial charge in [0.05, 0.1) is 0 Å². The van der Waals surface area contributed by atoms with E-state index in [0.29, 0.717) is 31.1 Å². The van der Waals surface area contributed by atoms with Crippen molar-refractivity contribution in [3.8, 4) is 0 Å². The van der Waals surface area contributed by atoms with Gasteiger partial charge in [-0.2, -0.15) is 0 Å². The number of benzene rings is 2. The zero-order chi connectivity index (χ0) is 21.2. The van der Waals surface area contributed by atoms with Crippen LogP contribution < -0.4 is 5.32 Å². The van der Waals surface area contributed by atoms with Crippen LogP contribution in [0.4, 0.5) is 0 Å². The van der Waals surface area contributed by atoms with Crippen LogP contribution in [-0.2, 0) is 20.9 Å². The standard InChI is InChI=1S/C23H29ClN2O3/c1-17(2)23(28)26(16-18-10-12-20(24)13-11-18)21(19-8-5-4-6-9-19)22(27)25-14-7-15-29-3/h4-6,8-13,17,21H,7,14-16H2,1-3H3,(H,25,27). The van der Waals surface area contributed by atoms with E-state index in [1.807, 2.05) is 56.3 Å². The SMILES string of the molecule is COCCCNC(=O)C(c1ccccc1)N(Cc1ccc(Cl)cc1)C(=O)C(C)C. The average molecular weight is 417 g/mol. The molecule has 5 nitrogen and oxygen atoms in total. The molecule has 0 aliphatic heterocycles. The number of hydrogen-bond acceptors (Lipinski definition) is 3. The molecule has 0 heterocycles. The summed E-state index contributed by atoms with van der Waals surface area (Å²) in [6.07, 6.45) is 0.707. The van der Waals surface area contributed by atoms with Gasteiger partial charge in [-0.25, -0.2) is 0 Å². The van der Waals surface area contributed by atoms with E-state index < -0.39 is 6.04 Å². The summed E-state index contributed by atoms with van der Waals surface area (Å²) < 4.78 is 5.05. The Kier molecular flexibility index (Phi) is 9.16. The van der Waals surface area contributed by atoms with Crippen LogP contribution in [0.1, 0.15) is 37.4 Å². The van der Waals surface area contributed by atoms with E-state index in [-0.39, 0.29) is 17.7 Å². The molecule has 156 valence electrons. The molecule has 0 aromatic heterocycles. The normalized spacial score (nSPS) is 11.9. The van der Waals surface area contributed by atoms with E-state index in [4.69, 9.17) is 16.3 Å². The van der Waals surface area contributed by atoms with Crippen LogP contribution in [0, 0.1) is 5.92 Å². The van der Waals surface area contributed by atoms with Gasteiger partial charge >= 0.3 is 0 Å². The van der Waals surface area contributed by atoms with Gasteiger partial charge in [0.25, 0.3) is 0 Å². The lowest BCUT2D eigenvalue weighted by molar-refractivity contribution is -0.144. The summed E-state index contributed by atoms with van der Waals surface area (Å²) in [5.41, 5.74) is 1.69. The molecule has 0 saturated heterocycles. The lowest BCUT2D eigenvalue weighted by Crippen LogP contribution is -2.45. The van der Waals surface area contributed by atoms with Crippen molar-refractivity contribution >= 4 is 23.4 Å². The molecule has 6 heteroatoms. The second kappa shape index (κ2) is 11.6. The van der Waals surface area contributed by atoms with Gasteiger partial charge in [0.15, 0.2) is 0 Å². The Morgan fingerprint density at radius 1 is 1.07 bits per heavy atom. The molecule has 0 fully saturated rings. The van der Waals surface area contributed by atoms with E-state index in [2.05, 4.69) is 5.32 Å². The molecule has 2 rings (SSSR count). The predicted molar refractivity (Wildman–Crippen MR) is 116 cm³/mol. The molecule has 2 aromatic carbocycles. The molecule has 29 heavy (non-hydrogen) atoms. The number of carbonyl (C=O) groups is 2. The predicted octanol–water partition coefficient (Wildman–Crippen LogP) is 4.22. The molecule has 2 aromatic rings. The molecule has 1 N–H and O–H groups in total. The molecule has 0 bridgehead atoms. The molecular weight excluding hydrogens is 388 g/mol. The number of rotatable bonds is 10. The Bertz CT molecular complexity index is 778. The van der Waals surface area contributed by atoms with Crippen molar-refractivity contribution in [2.45, 2.75) is 32.9 Å². The second-order valence-corrected chi connectivity index (χ2v) is 7.63. The van der Waals surface area contributed by atoms with Crippen molar-refractivity contribution in [2.75, 3.05) is 20.3 Å². The number of carbonyl (C=O) groups excluding carboxylic acids is 2. The monoisotopic (exact) mass is 416 g/mol. The minimum absolute atomic E-state index is 0.0826. The Hall–Kier alpha value is -2.37. The van der Waals surface area contributed by atoms with Gasteiger partial charge in [0.1, 0.15) is 6.04 Å². The number of methoxy groups -OCH3 is 1. The van der Waals surface area contributed by atoms with Crippen molar-refractivity contribution in [1.29, 1.82) is 0 Å². The van der Waals surface area contributed by atoms with Crippen molar-refractivity contribution in [3.63, 3.8) is 0 Å². The molecular formula is C23H29ClN2O3. The summed E-state index contributed by atoms with van der Waals surface area (Å²) in [4.78, 5) is 27.9. The summed E-state index contributed by atoms with van der Waals surface area (Å²) in [7, 11) is 1.63. The highest BCUT2D eigenvalue weighted by molar-refractivity contribution is 6.30. The second-order valence-electron chi connectivity index (χ2n) is 7.20. The maximum absolute atomic E-state index is 13.2. The Labute approximate surface area is 178 Å². The third kappa shape index (κ3) is 6.87. The van der Waals surface area contributed by atoms with E-state index in [9.17, 15) is 9.59 Å². The molecule has 1 atom stereocenters. The van der Waals surface area contributed by atoms with E-state index in [0.717, 1.165) is 11.1 Å². The highest BCUT2D eigenvalue weighted by Crippen LogP contribution is 2.26. The summed E-state index contributed by atoms with van der Waals surface area (Å²) in [5.74, 6) is -0.522. The lowest BCUT2D eigenvalue weighted by atomic mass is 10.0. The average Bonchev–Trinajstić information content (AvgIpc) is 2.72. The van der Waals surface area contributed by atoms with Crippen LogP contribution in [0.25, 0.3) is 0 Å². The van der Waals surface area contributed by atoms with Crippen LogP contribution in [0.2, 0.25) is 5.02 Å². The first kappa shape index (κ1) is 22.9. The number of nitrogens with zero attached hydrogens (tertiary/aromatic N) is 1. The fraction of sp³-hybridized carbons (Fsp3) is 0.391. The maximum atomic E-state index is 13.2. The highest BCUT2D eigenvalue weighted by atomic mass is 35.5. The summed E-state index contributed by atoms with van der Waals surface area (Å²) in [6, 6.07) is 16.0. The highest BCUT2D eigenvalue weighted by Gasteiger charge is 2.32. The first-order valence-electron chi connectivity index (χ1n) is 9.80. The van der Waals surface area contributed by atoms with Crippen LogP contribution in [0.15, 0.2) is 54.6 Å². The van der Waals surface area contributed by atoms with Gasteiger partial charge in [-0.15, -0.1) is 0 Å². The topological polar surface area (TPSA) is 58.6 Å². The Morgan fingerprint density at radius 3 is 2.31 bits per heavy atom. The van der Waals surface area contributed by atoms with Gasteiger partial charge in [-0.05, 0) is 29.7 Å². The molecule has 0 aliphatic carbocycles. The zero-order valence-corrected chi connectivity index (χ0v) is 18.0. The van der Waals surface area contributed by atoms with Crippen LogP contribution in [0.5, 0.6) is 0 Å². The fourth-order valence-corrected chi connectivity index (χ4v) is 3.17. The third-order valence-corrected chi connectivity index (χ3v) is 4.79. The maximum Gasteiger partial charge on any atom is 0.247 e. The summed E-state index contributed by atoms with van der Waals surface area (Å²) >= 11 is 6.00. The molecule has 0 aliphatic rings. The smallest absolute Gasteiger partial charge is 0.247 e. The molecule has 0 saturated carbocycles. The summed E-state index contributed by atoms with van der Waals surface area (Å²) in [5, 5.41) is 3.58. The van der Waals surface area contributed by atoms with Gasteiger partial charge in [-0.1, -0.05) is 67.9 Å². The quantitative estimate of drug-likeness (QED) is 0.590. The van der Waals surface area contributed by atoms with Gasteiger partial charge in [0.2, 0.25) is 11.8 Å². The van der Waals surface area contributed by atoms with E-state index in [1.165, 1.54) is 0 Å². The van der Waals surface area contributed by atoms with Gasteiger partial charge in [0, 0.05) is 37.7 Å². The third-order valence-electron chi connectivity index (χ3n) is 4.54. The number of ether oxygens (including phenoxy) is 1. The molecule has 0 radical (unpaired) electrons. The van der Waals surface area contributed by atoms with Crippen LogP contribution >= 0.6 is 11.6 Å². The Morgan fingerprint density at radius 2 is 1.72 bits per heavy atom. The van der Waals surface area contributed by atoms with Gasteiger partial charge < -0.3 is 15.0 Å². The first-order valence-corrected chi connectivity index (χ1v) is 10.2. The van der Waals surface area contributed by atoms with Crippen LogP contribution in [-0.4, -0.2) is 37.0 Å². The minimum Gasteiger partial charge on any atom is -0.385 e. The zero-order valence-electron chi connectivity index (χ0n) is 17.2. The Balaban J connectivity index is 2.35. The lowest BCUT2D eigenvalue weighted by Gasteiger charge is -2.33. The van der Waals surface area contributed by atoms with Gasteiger partial charge in [-0.3, -0.25) is 9.59 Å². The van der Waals surface area contributed by atoms with E-state index >= 15 is 0 Å². The van der Waals surface area contributed by atoms with Crippen molar-refractivity contribution in [1.82, 2.24) is 10.2 Å². The molecule has 1 unspecified atom stereocenters. The summed E-state index contributed by atoms with van der Waals surface area (Å²) in [6.45, 7) is 5.06. The van der Waals surface area contributed by atoms with Crippen molar-refractivity contribution in [3.05, 3.63) is 70.7 Å². The fourth-order valence-electron chi connectivity index (χ4n) is 3.05. The molecule has 2 amide bonds. The molecule has 0 spiro atoms. The number of amides is 2. The largest absolute Gasteiger partial charge is 0.385 e. The van der Waals surface area contributed by atoms with Crippen molar-refractivity contribution in [2.24, 2.45) is 5.92 Å². The van der Waals surface area contributed by atoms with Crippen LogP contribution in [0.3, 0.4) is 0 Å². The number of hydrogen-bond donors (Lipinski definition) is 1. The number of nitrogens with one attached hydrogen (secondary N) is 1. The minimum atomic E-state index is -0.718. The first-order chi connectivity index (χ1) is 13.9. The van der Waals surface area contributed by atoms with Crippen molar-refractivity contribution < 1.29 is 14.3 Å². The number of halogens is 1. The van der Waals surface area contributed by atoms with E-state index in [1.54, 1.807) is 24.1 Å².